The lowest BCUT2D eigenvalue weighted by molar-refractivity contribution is 0.105. The highest BCUT2D eigenvalue weighted by atomic mass is 16.1. The number of fused-ring (bicyclic) bond motifs is 1. The van der Waals surface area contributed by atoms with Crippen molar-refractivity contribution < 1.29 is 4.79 Å². The van der Waals surface area contributed by atoms with Crippen molar-refractivity contribution in [2.45, 2.75) is 0 Å². The third-order valence-corrected chi connectivity index (χ3v) is 2.53. The van der Waals surface area contributed by atoms with Crippen LogP contribution in [-0.4, -0.2) is 21.2 Å². The van der Waals surface area contributed by atoms with Crippen LogP contribution >= 0.6 is 0 Å². The molecule has 1 aliphatic rings. The van der Waals surface area contributed by atoms with Crippen LogP contribution < -0.4 is 0 Å². The third-order valence-electron chi connectivity index (χ3n) is 2.53. The van der Waals surface area contributed by atoms with Gasteiger partial charge in [-0.15, -0.1) is 10.2 Å². The van der Waals surface area contributed by atoms with E-state index in [-0.39, 0.29) is 5.78 Å². The summed E-state index contributed by atoms with van der Waals surface area (Å²) in [7, 11) is 0. The number of allylic oxidation sites excluding steroid dienone is 1. The average Bonchev–Trinajstić information content (AvgIpc) is 2.69. The van der Waals surface area contributed by atoms with Crippen molar-refractivity contribution >= 4 is 17.4 Å². The number of nitrogens with zero attached hydrogens (tertiary/aromatic N) is 3. The Balaban J connectivity index is 2.13. The summed E-state index contributed by atoms with van der Waals surface area (Å²) in [5.74, 6) is -0.00361. The van der Waals surface area contributed by atoms with E-state index in [4.69, 9.17) is 0 Å². The molecular weight excluding hydrogens is 202 g/mol. The molecule has 3 rings (SSSR count). The molecule has 1 aromatic carbocycles. The predicted molar refractivity (Wildman–Crippen MR) is 58.5 cm³/mol. The van der Waals surface area contributed by atoms with Crippen LogP contribution in [0, 0.1) is 0 Å². The molecule has 0 saturated heterocycles. The zero-order chi connectivity index (χ0) is 11.0. The Morgan fingerprint density at radius 3 is 2.69 bits per heavy atom. The highest BCUT2D eigenvalue weighted by molar-refractivity contribution is 6.36. The van der Waals surface area contributed by atoms with E-state index in [1.165, 1.54) is 6.20 Å². The molecule has 76 valence electrons. The summed E-state index contributed by atoms with van der Waals surface area (Å²) >= 11 is 0. The number of carbonyl (C=O) groups excluding carboxylic acids is 1. The molecule has 0 N–H and O–H groups in total. The molecule has 0 aliphatic heterocycles. The fraction of sp³-hybridized carbons (Fsp3) is 0. The molecular formula is C12H7N3O. The SMILES string of the molecule is O=C1C(c2ccnnn2)=Cc2ccccc21. The van der Waals surface area contributed by atoms with E-state index in [1.807, 2.05) is 30.3 Å². The maximum absolute atomic E-state index is 12.0. The van der Waals surface area contributed by atoms with Gasteiger partial charge in [0.15, 0.2) is 5.78 Å². The van der Waals surface area contributed by atoms with Crippen LogP contribution in [-0.2, 0) is 0 Å². The van der Waals surface area contributed by atoms with Crippen LogP contribution in [0.2, 0.25) is 0 Å². The molecule has 2 aromatic rings. The number of aromatic nitrogens is 3. The summed E-state index contributed by atoms with van der Waals surface area (Å²) in [5.41, 5.74) is 2.80. The van der Waals surface area contributed by atoms with Gasteiger partial charge in [0.2, 0.25) is 0 Å². The van der Waals surface area contributed by atoms with E-state index in [2.05, 4.69) is 15.4 Å². The summed E-state index contributed by atoms with van der Waals surface area (Å²) in [4.78, 5) is 12.0. The Kier molecular flexibility index (Phi) is 1.86. The smallest absolute Gasteiger partial charge is 0.195 e. The molecule has 4 heteroatoms. The summed E-state index contributed by atoms with van der Waals surface area (Å²) < 4.78 is 0. The molecule has 0 saturated carbocycles. The van der Waals surface area contributed by atoms with Gasteiger partial charge in [-0.3, -0.25) is 4.79 Å². The fourth-order valence-corrected chi connectivity index (χ4v) is 1.77. The first-order chi connectivity index (χ1) is 7.86. The molecule has 0 radical (unpaired) electrons. The van der Waals surface area contributed by atoms with Crippen LogP contribution in [0.15, 0.2) is 36.5 Å². The van der Waals surface area contributed by atoms with Crippen molar-refractivity contribution in [2.75, 3.05) is 0 Å². The fourth-order valence-electron chi connectivity index (χ4n) is 1.77. The van der Waals surface area contributed by atoms with E-state index in [1.54, 1.807) is 6.07 Å². The van der Waals surface area contributed by atoms with Crippen molar-refractivity contribution in [3.05, 3.63) is 53.3 Å². The van der Waals surface area contributed by atoms with Gasteiger partial charge in [0.25, 0.3) is 0 Å². The van der Waals surface area contributed by atoms with Gasteiger partial charge in [0.05, 0.1) is 11.8 Å². The lowest BCUT2D eigenvalue weighted by Gasteiger charge is -1.97. The van der Waals surface area contributed by atoms with Crippen LogP contribution in [0.25, 0.3) is 11.6 Å². The van der Waals surface area contributed by atoms with Crippen LogP contribution in [0.5, 0.6) is 0 Å². The number of benzene rings is 1. The van der Waals surface area contributed by atoms with E-state index in [9.17, 15) is 4.79 Å². The lowest BCUT2D eigenvalue weighted by atomic mass is 10.1. The largest absolute Gasteiger partial charge is 0.289 e. The van der Waals surface area contributed by atoms with Gasteiger partial charge >= 0.3 is 0 Å². The molecule has 0 bridgehead atoms. The monoisotopic (exact) mass is 209 g/mol. The minimum atomic E-state index is -0.00361. The van der Waals surface area contributed by atoms with Gasteiger partial charge in [0.1, 0.15) is 5.69 Å². The second-order valence-corrected chi connectivity index (χ2v) is 3.48. The van der Waals surface area contributed by atoms with E-state index < -0.39 is 0 Å². The second kappa shape index (κ2) is 3.34. The second-order valence-electron chi connectivity index (χ2n) is 3.48. The molecule has 0 fully saturated rings. The van der Waals surface area contributed by atoms with Gasteiger partial charge in [-0.05, 0) is 22.9 Å². The Morgan fingerprint density at radius 2 is 1.94 bits per heavy atom. The van der Waals surface area contributed by atoms with Crippen LogP contribution in [0.3, 0.4) is 0 Å². The molecule has 0 spiro atoms. The molecule has 16 heavy (non-hydrogen) atoms. The molecule has 0 unspecified atom stereocenters. The molecule has 1 heterocycles. The first-order valence-electron chi connectivity index (χ1n) is 4.86. The van der Waals surface area contributed by atoms with Crippen LogP contribution in [0.4, 0.5) is 0 Å². The van der Waals surface area contributed by atoms with Crippen molar-refractivity contribution in [3.8, 4) is 0 Å². The Labute approximate surface area is 91.6 Å². The minimum absolute atomic E-state index is 0.00361. The standard InChI is InChI=1S/C12H7N3O/c16-12-9-4-2-1-3-8(9)7-10(12)11-5-6-13-15-14-11/h1-7H. The normalized spacial score (nSPS) is 13.5. The zero-order valence-electron chi connectivity index (χ0n) is 8.29. The number of ketones is 1. The van der Waals surface area contributed by atoms with Crippen LogP contribution in [0.1, 0.15) is 21.6 Å². The average molecular weight is 209 g/mol. The van der Waals surface area contributed by atoms with Crippen molar-refractivity contribution in [2.24, 2.45) is 0 Å². The van der Waals surface area contributed by atoms with Gasteiger partial charge in [0, 0.05) is 5.56 Å². The molecule has 0 amide bonds. The molecule has 1 aromatic heterocycles. The summed E-state index contributed by atoms with van der Waals surface area (Å²) in [5, 5.41) is 11.0. The zero-order valence-corrected chi connectivity index (χ0v) is 8.29. The van der Waals surface area contributed by atoms with Crippen molar-refractivity contribution in [1.29, 1.82) is 0 Å². The highest BCUT2D eigenvalue weighted by Crippen LogP contribution is 2.29. The summed E-state index contributed by atoms with van der Waals surface area (Å²) in [6.07, 6.45) is 3.36. The maximum Gasteiger partial charge on any atom is 0.195 e. The van der Waals surface area contributed by atoms with Gasteiger partial charge in [-0.2, -0.15) is 0 Å². The summed E-state index contributed by atoms with van der Waals surface area (Å²) in [6.45, 7) is 0. The number of hydrogen-bond acceptors (Lipinski definition) is 4. The Hall–Kier alpha value is -2.36. The van der Waals surface area contributed by atoms with Crippen molar-refractivity contribution in [1.82, 2.24) is 15.4 Å². The lowest BCUT2D eigenvalue weighted by Crippen LogP contribution is -2.01. The van der Waals surface area contributed by atoms with Gasteiger partial charge < -0.3 is 0 Å². The minimum Gasteiger partial charge on any atom is -0.289 e. The number of carbonyl (C=O) groups is 1. The highest BCUT2D eigenvalue weighted by Gasteiger charge is 2.23. The van der Waals surface area contributed by atoms with E-state index in [0.717, 1.165) is 11.1 Å². The molecule has 0 atom stereocenters. The number of rotatable bonds is 1. The quantitative estimate of drug-likeness (QED) is 0.716. The topological polar surface area (TPSA) is 55.7 Å². The first-order valence-corrected chi connectivity index (χ1v) is 4.86. The van der Waals surface area contributed by atoms with Gasteiger partial charge in [-0.1, -0.05) is 24.3 Å². The molecule has 4 nitrogen and oxygen atoms in total. The summed E-state index contributed by atoms with van der Waals surface area (Å²) in [6, 6.07) is 9.17. The van der Waals surface area contributed by atoms with E-state index in [0.29, 0.717) is 11.3 Å². The van der Waals surface area contributed by atoms with Crippen molar-refractivity contribution in [3.63, 3.8) is 0 Å². The predicted octanol–water partition coefficient (Wildman–Crippen LogP) is 1.61. The van der Waals surface area contributed by atoms with Gasteiger partial charge in [-0.25, -0.2) is 0 Å². The Morgan fingerprint density at radius 1 is 1.06 bits per heavy atom. The maximum atomic E-state index is 12.0. The Bertz CT molecular complexity index is 590. The number of hydrogen-bond donors (Lipinski definition) is 0. The van der Waals surface area contributed by atoms with E-state index >= 15 is 0 Å². The third kappa shape index (κ3) is 1.24. The number of Topliss-reactive ketones (excluding diaryl/α,β-unsaturated/α-hetero) is 1. The first kappa shape index (κ1) is 8.91. The molecule has 1 aliphatic carbocycles.